The molecule has 0 atom stereocenters. The maximum atomic E-state index is 14.0. The molecule has 12 heteroatoms. The molecule has 0 bridgehead atoms. The SMILES string of the molecule is CC(C)N(C(=O)n1nnn(-c2c(F)cccc2F)c1=O)c1ccc(C(=O)NO)cc1. The lowest BCUT2D eigenvalue weighted by atomic mass is 10.1. The Morgan fingerprint density at radius 2 is 1.67 bits per heavy atom. The van der Waals surface area contributed by atoms with Crippen LogP contribution in [0.5, 0.6) is 0 Å². The molecule has 0 fully saturated rings. The van der Waals surface area contributed by atoms with E-state index in [0.717, 1.165) is 18.2 Å². The van der Waals surface area contributed by atoms with Crippen LogP contribution < -0.4 is 16.1 Å². The first-order valence-electron chi connectivity index (χ1n) is 8.63. The number of hydrogen-bond acceptors (Lipinski definition) is 6. The second kappa shape index (κ2) is 8.21. The van der Waals surface area contributed by atoms with E-state index >= 15 is 0 Å². The number of hydrogen-bond donors (Lipinski definition) is 2. The molecule has 0 spiro atoms. The van der Waals surface area contributed by atoms with E-state index in [2.05, 4.69) is 10.4 Å². The summed E-state index contributed by atoms with van der Waals surface area (Å²) in [6.07, 6.45) is 0. The topological polar surface area (TPSA) is 122 Å². The van der Waals surface area contributed by atoms with E-state index in [9.17, 15) is 23.2 Å². The number of nitrogens with zero attached hydrogens (tertiary/aromatic N) is 5. The Bertz CT molecular complexity index is 1140. The molecular formula is C18H16F2N6O4. The van der Waals surface area contributed by atoms with Gasteiger partial charge >= 0.3 is 11.7 Å². The highest BCUT2D eigenvalue weighted by atomic mass is 19.1. The molecule has 0 aliphatic rings. The van der Waals surface area contributed by atoms with Gasteiger partial charge in [0.1, 0.15) is 5.69 Å². The molecule has 3 rings (SSSR count). The molecule has 3 aromatic rings. The maximum Gasteiger partial charge on any atom is 0.377 e. The number of amides is 2. The molecule has 0 saturated heterocycles. The predicted molar refractivity (Wildman–Crippen MR) is 99.6 cm³/mol. The molecule has 0 saturated carbocycles. The second-order valence-electron chi connectivity index (χ2n) is 6.39. The Kier molecular flexibility index (Phi) is 5.69. The van der Waals surface area contributed by atoms with Crippen LogP contribution in [0, 0.1) is 11.6 Å². The van der Waals surface area contributed by atoms with Crippen LogP contribution in [0.4, 0.5) is 19.3 Å². The number of anilines is 1. The fraction of sp³-hybridized carbons (Fsp3) is 0.167. The van der Waals surface area contributed by atoms with E-state index in [4.69, 9.17) is 5.21 Å². The molecule has 10 nitrogen and oxygen atoms in total. The zero-order valence-electron chi connectivity index (χ0n) is 15.8. The summed E-state index contributed by atoms with van der Waals surface area (Å²) in [5, 5.41) is 15.6. The number of hydroxylamine groups is 1. The van der Waals surface area contributed by atoms with Crippen LogP contribution in [0.3, 0.4) is 0 Å². The molecule has 2 aromatic carbocycles. The Morgan fingerprint density at radius 3 is 2.20 bits per heavy atom. The highest BCUT2D eigenvalue weighted by Crippen LogP contribution is 2.19. The molecule has 1 heterocycles. The summed E-state index contributed by atoms with van der Waals surface area (Å²) in [5.41, 5.74) is 0.0182. The highest BCUT2D eigenvalue weighted by Gasteiger charge is 2.27. The molecule has 1 aromatic heterocycles. The van der Waals surface area contributed by atoms with Crippen LogP contribution in [0.2, 0.25) is 0 Å². The van der Waals surface area contributed by atoms with Gasteiger partial charge in [-0.25, -0.2) is 23.9 Å². The van der Waals surface area contributed by atoms with Crippen molar-refractivity contribution >= 4 is 17.6 Å². The van der Waals surface area contributed by atoms with Crippen LogP contribution in [0.15, 0.2) is 47.3 Å². The Balaban J connectivity index is 2.01. The van der Waals surface area contributed by atoms with Crippen LogP contribution in [-0.4, -0.2) is 43.0 Å². The summed E-state index contributed by atoms with van der Waals surface area (Å²) in [5.74, 6) is -2.83. The fourth-order valence-electron chi connectivity index (χ4n) is 2.77. The second-order valence-corrected chi connectivity index (χ2v) is 6.39. The summed E-state index contributed by atoms with van der Waals surface area (Å²) in [7, 11) is 0. The van der Waals surface area contributed by atoms with Gasteiger partial charge in [-0.05, 0) is 60.7 Å². The number of carbonyl (C=O) groups excluding carboxylic acids is 2. The Labute approximate surface area is 167 Å². The van der Waals surface area contributed by atoms with Gasteiger partial charge < -0.3 is 0 Å². The van der Waals surface area contributed by atoms with E-state index in [-0.39, 0.29) is 5.56 Å². The van der Waals surface area contributed by atoms with E-state index in [1.54, 1.807) is 13.8 Å². The van der Waals surface area contributed by atoms with Crippen LogP contribution in [-0.2, 0) is 0 Å². The van der Waals surface area contributed by atoms with E-state index in [1.165, 1.54) is 34.6 Å². The van der Waals surface area contributed by atoms with Crippen molar-refractivity contribution in [1.82, 2.24) is 25.3 Å². The zero-order valence-corrected chi connectivity index (χ0v) is 15.8. The summed E-state index contributed by atoms with van der Waals surface area (Å²) < 4.78 is 28.7. The van der Waals surface area contributed by atoms with Crippen molar-refractivity contribution < 1.29 is 23.6 Å². The lowest BCUT2D eigenvalue weighted by molar-refractivity contribution is 0.0706. The maximum absolute atomic E-state index is 14.0. The molecular weight excluding hydrogens is 402 g/mol. The minimum absolute atomic E-state index is 0.135. The number of aromatic nitrogens is 4. The van der Waals surface area contributed by atoms with E-state index in [0.29, 0.717) is 15.1 Å². The van der Waals surface area contributed by atoms with Crippen LogP contribution in [0.1, 0.15) is 24.2 Å². The van der Waals surface area contributed by atoms with E-state index in [1.807, 2.05) is 0 Å². The van der Waals surface area contributed by atoms with Crippen molar-refractivity contribution in [3.05, 3.63) is 70.1 Å². The van der Waals surface area contributed by atoms with Gasteiger partial charge in [-0.3, -0.25) is 14.9 Å². The summed E-state index contributed by atoms with van der Waals surface area (Å²) >= 11 is 0. The first-order chi connectivity index (χ1) is 14.3. The molecule has 0 unspecified atom stereocenters. The van der Waals surface area contributed by atoms with Gasteiger partial charge in [-0.1, -0.05) is 6.07 Å². The number of benzene rings is 2. The Hall–Kier alpha value is -3.93. The first kappa shape index (κ1) is 20.8. The van der Waals surface area contributed by atoms with Gasteiger partial charge in [0.2, 0.25) is 0 Å². The lowest BCUT2D eigenvalue weighted by Gasteiger charge is -2.25. The van der Waals surface area contributed by atoms with Crippen molar-refractivity contribution in [3.8, 4) is 5.69 Å². The number of rotatable bonds is 4. The summed E-state index contributed by atoms with van der Waals surface area (Å²) in [6, 6.07) is 7.19. The standard InChI is InChI=1S/C18H16F2N6O4/c1-10(2)24(12-8-6-11(7-9-12)16(27)21-30)17(28)26-18(29)25(22-23-26)15-13(19)4-3-5-14(15)20/h3-10,30H,1-2H3,(H,21,27). The number of carbonyl (C=O) groups is 2. The monoisotopic (exact) mass is 418 g/mol. The van der Waals surface area contributed by atoms with Crippen molar-refractivity contribution in [2.75, 3.05) is 4.90 Å². The molecule has 156 valence electrons. The van der Waals surface area contributed by atoms with Crippen LogP contribution in [0.25, 0.3) is 5.69 Å². The van der Waals surface area contributed by atoms with Crippen molar-refractivity contribution in [2.45, 2.75) is 19.9 Å². The minimum atomic E-state index is -1.16. The van der Waals surface area contributed by atoms with Crippen LogP contribution >= 0.6 is 0 Å². The third kappa shape index (κ3) is 3.67. The number of para-hydroxylation sites is 1. The average Bonchev–Trinajstić information content (AvgIpc) is 3.09. The summed E-state index contributed by atoms with van der Waals surface area (Å²) in [6.45, 7) is 3.33. The van der Waals surface area contributed by atoms with Crippen molar-refractivity contribution in [1.29, 1.82) is 0 Å². The lowest BCUT2D eigenvalue weighted by Crippen LogP contribution is -2.44. The molecule has 0 radical (unpaired) electrons. The van der Waals surface area contributed by atoms with Gasteiger partial charge in [0.05, 0.1) is 0 Å². The quantitative estimate of drug-likeness (QED) is 0.378. The average molecular weight is 418 g/mol. The third-order valence-corrected chi connectivity index (χ3v) is 4.14. The zero-order chi connectivity index (χ0) is 22.0. The number of tetrazole rings is 1. The van der Waals surface area contributed by atoms with Gasteiger partial charge in [0.25, 0.3) is 5.91 Å². The predicted octanol–water partition coefficient (Wildman–Crippen LogP) is 1.71. The van der Waals surface area contributed by atoms with Crippen molar-refractivity contribution in [2.24, 2.45) is 0 Å². The van der Waals surface area contributed by atoms with E-state index < -0.39 is 41.0 Å². The molecule has 0 aliphatic carbocycles. The minimum Gasteiger partial charge on any atom is -0.290 e. The molecule has 30 heavy (non-hydrogen) atoms. The van der Waals surface area contributed by atoms with Gasteiger partial charge in [0, 0.05) is 17.3 Å². The highest BCUT2D eigenvalue weighted by molar-refractivity contribution is 5.96. The van der Waals surface area contributed by atoms with Crippen molar-refractivity contribution in [3.63, 3.8) is 0 Å². The molecule has 2 N–H and O–H groups in total. The third-order valence-electron chi connectivity index (χ3n) is 4.14. The summed E-state index contributed by atoms with van der Waals surface area (Å²) in [4.78, 5) is 38.2. The van der Waals surface area contributed by atoms with Gasteiger partial charge in [0.15, 0.2) is 11.6 Å². The molecule has 0 aliphatic heterocycles. The fourth-order valence-corrected chi connectivity index (χ4v) is 2.77. The first-order valence-corrected chi connectivity index (χ1v) is 8.63. The van der Waals surface area contributed by atoms with Gasteiger partial charge in [-0.2, -0.15) is 4.68 Å². The Morgan fingerprint density at radius 1 is 1.07 bits per heavy atom. The molecule has 2 amide bonds. The largest absolute Gasteiger partial charge is 0.377 e. The van der Waals surface area contributed by atoms with Gasteiger partial charge in [-0.15, -0.1) is 4.68 Å². The number of halogens is 2. The number of nitrogens with one attached hydrogen (secondary N) is 1. The smallest absolute Gasteiger partial charge is 0.290 e. The normalized spacial score (nSPS) is 10.9.